The molecule has 0 aromatic carbocycles. The zero-order valence-electron chi connectivity index (χ0n) is 13.9. The first-order valence-electron chi connectivity index (χ1n) is 8.22. The Morgan fingerprint density at radius 2 is 2.04 bits per heavy atom. The summed E-state index contributed by atoms with van der Waals surface area (Å²) in [7, 11) is 1.57. The number of hydrogen-bond donors (Lipinski definition) is 1. The molecule has 0 saturated carbocycles. The molecule has 0 fully saturated rings. The molecular formula is C18H15F3N4O. The lowest BCUT2D eigenvalue weighted by atomic mass is 9.66. The van der Waals surface area contributed by atoms with Gasteiger partial charge in [0.1, 0.15) is 16.9 Å². The number of aromatic nitrogens is 2. The predicted molar refractivity (Wildman–Crippen MR) is 87.8 cm³/mol. The molecule has 1 aliphatic heterocycles. The number of aryl methyl sites for hydroxylation is 1. The van der Waals surface area contributed by atoms with Crippen molar-refractivity contribution in [2.24, 2.45) is 4.99 Å². The second-order valence-corrected chi connectivity index (χ2v) is 6.36. The quantitative estimate of drug-likeness (QED) is 0.784. The van der Waals surface area contributed by atoms with Crippen LogP contribution in [0, 0.1) is 0 Å². The van der Waals surface area contributed by atoms with Gasteiger partial charge in [-0.05, 0) is 43.0 Å². The average molecular weight is 360 g/mol. The third-order valence-corrected chi connectivity index (χ3v) is 4.98. The number of carbonyl (C=O) groups is 1. The first kappa shape index (κ1) is 16.7. The Bertz CT molecular complexity index is 938. The van der Waals surface area contributed by atoms with E-state index in [0.717, 1.165) is 6.07 Å². The molecule has 8 heteroatoms. The van der Waals surface area contributed by atoms with E-state index in [9.17, 15) is 18.0 Å². The Morgan fingerprint density at radius 1 is 1.23 bits per heavy atom. The van der Waals surface area contributed by atoms with Crippen LogP contribution in [0.1, 0.15) is 41.1 Å². The Kier molecular flexibility index (Phi) is 3.61. The third-order valence-electron chi connectivity index (χ3n) is 4.98. The molecular weight excluding hydrogens is 345 g/mol. The second kappa shape index (κ2) is 5.62. The van der Waals surface area contributed by atoms with E-state index in [1.165, 1.54) is 6.07 Å². The van der Waals surface area contributed by atoms with Gasteiger partial charge in [-0.15, -0.1) is 0 Å². The number of nitrogens with zero attached hydrogens (tertiary/aromatic N) is 3. The number of halogens is 3. The molecule has 2 aliphatic rings. The van der Waals surface area contributed by atoms with E-state index in [4.69, 9.17) is 0 Å². The van der Waals surface area contributed by atoms with Crippen LogP contribution in [0.4, 0.5) is 13.2 Å². The minimum absolute atomic E-state index is 0.102. The van der Waals surface area contributed by atoms with Gasteiger partial charge in [-0.2, -0.15) is 18.2 Å². The summed E-state index contributed by atoms with van der Waals surface area (Å²) in [6.45, 7) is 0. The first-order chi connectivity index (χ1) is 12.4. The number of rotatable bonds is 0. The standard InChI is InChI=1S/C18H15F3N4O/c1-22-15-10-6-7-13(18(19,20)21)24-14(10)17(16(26)25-15)8-2-5-12-11(17)4-3-9-23-12/h3-4,6-7,9H,2,5,8H2,1H3,(H,22,25,26). The van der Waals surface area contributed by atoms with Crippen LogP contribution in [0.3, 0.4) is 0 Å². The summed E-state index contributed by atoms with van der Waals surface area (Å²) in [5.74, 6) is -0.275. The number of fused-ring (bicyclic) bond motifs is 4. The van der Waals surface area contributed by atoms with Crippen molar-refractivity contribution >= 4 is 11.7 Å². The maximum Gasteiger partial charge on any atom is 0.433 e. The molecule has 134 valence electrons. The maximum atomic E-state index is 13.3. The van der Waals surface area contributed by atoms with Crippen molar-refractivity contribution in [3.05, 3.63) is 58.7 Å². The monoisotopic (exact) mass is 360 g/mol. The minimum atomic E-state index is -4.60. The van der Waals surface area contributed by atoms with Crippen molar-refractivity contribution < 1.29 is 18.0 Å². The lowest BCUT2D eigenvalue weighted by Crippen LogP contribution is -2.46. The minimum Gasteiger partial charge on any atom is -0.372 e. The highest BCUT2D eigenvalue weighted by Gasteiger charge is 2.51. The summed E-state index contributed by atoms with van der Waals surface area (Å²) in [4.78, 5) is 25.4. The smallest absolute Gasteiger partial charge is 0.372 e. The van der Waals surface area contributed by atoms with E-state index in [2.05, 4.69) is 20.3 Å². The summed E-state index contributed by atoms with van der Waals surface area (Å²) in [5, 5.41) is 2.79. The van der Waals surface area contributed by atoms with Crippen molar-refractivity contribution in [1.82, 2.24) is 15.3 Å². The summed E-state index contributed by atoms with van der Waals surface area (Å²) in [6.07, 6.45) is -1.33. The average Bonchev–Trinajstić information content (AvgIpc) is 2.63. The molecule has 0 bridgehead atoms. The maximum absolute atomic E-state index is 13.3. The SMILES string of the molecule is CNC1=NC(=O)C2(CCCc3ncccc32)c2nc(C(F)(F)F)ccc21. The van der Waals surface area contributed by atoms with Crippen LogP contribution in [0.2, 0.25) is 0 Å². The molecule has 2 aromatic heterocycles. The summed E-state index contributed by atoms with van der Waals surface area (Å²) < 4.78 is 39.8. The Balaban J connectivity index is 2.05. The van der Waals surface area contributed by atoms with Gasteiger partial charge in [0.25, 0.3) is 5.91 Å². The highest BCUT2D eigenvalue weighted by Crippen LogP contribution is 2.46. The molecule has 3 heterocycles. The molecule has 0 radical (unpaired) electrons. The second-order valence-electron chi connectivity index (χ2n) is 6.36. The van der Waals surface area contributed by atoms with Gasteiger partial charge in [0.2, 0.25) is 0 Å². The van der Waals surface area contributed by atoms with Crippen molar-refractivity contribution in [2.75, 3.05) is 7.05 Å². The van der Waals surface area contributed by atoms with Gasteiger partial charge < -0.3 is 5.32 Å². The number of aliphatic imine (C=N–C) groups is 1. The van der Waals surface area contributed by atoms with Crippen molar-refractivity contribution in [1.29, 1.82) is 0 Å². The molecule has 1 N–H and O–H groups in total. The Labute approximate surface area is 147 Å². The molecule has 1 amide bonds. The summed E-state index contributed by atoms with van der Waals surface area (Å²) in [6, 6.07) is 5.68. The van der Waals surface area contributed by atoms with Crippen LogP contribution < -0.4 is 5.32 Å². The Morgan fingerprint density at radius 3 is 2.77 bits per heavy atom. The van der Waals surface area contributed by atoms with Crippen LogP contribution >= 0.6 is 0 Å². The van der Waals surface area contributed by atoms with Gasteiger partial charge in [0.05, 0.1) is 5.69 Å². The van der Waals surface area contributed by atoms with E-state index in [0.29, 0.717) is 36.1 Å². The molecule has 1 spiro atoms. The third kappa shape index (κ3) is 2.24. The molecule has 1 atom stereocenters. The van der Waals surface area contributed by atoms with E-state index < -0.39 is 23.2 Å². The van der Waals surface area contributed by atoms with Crippen LogP contribution in [-0.4, -0.2) is 28.8 Å². The number of carbonyl (C=O) groups excluding carboxylic acids is 1. The number of hydrogen-bond acceptors (Lipinski definition) is 4. The number of amidine groups is 1. The fraction of sp³-hybridized carbons (Fsp3) is 0.333. The lowest BCUT2D eigenvalue weighted by Gasteiger charge is -2.39. The Hall–Kier alpha value is -2.77. The van der Waals surface area contributed by atoms with Crippen LogP contribution in [0.25, 0.3) is 0 Å². The molecule has 0 saturated heterocycles. The highest BCUT2D eigenvalue weighted by molar-refractivity contribution is 6.13. The van der Waals surface area contributed by atoms with Gasteiger partial charge in [0, 0.05) is 24.5 Å². The van der Waals surface area contributed by atoms with Crippen LogP contribution in [0.5, 0.6) is 0 Å². The molecule has 26 heavy (non-hydrogen) atoms. The van der Waals surface area contributed by atoms with Gasteiger partial charge in [-0.1, -0.05) is 6.07 Å². The van der Waals surface area contributed by atoms with Crippen molar-refractivity contribution in [3.63, 3.8) is 0 Å². The molecule has 1 unspecified atom stereocenters. The van der Waals surface area contributed by atoms with E-state index in [1.54, 1.807) is 25.4 Å². The number of nitrogens with one attached hydrogen (secondary N) is 1. The predicted octanol–water partition coefficient (Wildman–Crippen LogP) is 2.62. The fourth-order valence-corrected chi connectivity index (χ4v) is 3.83. The molecule has 5 nitrogen and oxygen atoms in total. The fourth-order valence-electron chi connectivity index (χ4n) is 3.83. The van der Waals surface area contributed by atoms with E-state index in [1.807, 2.05) is 0 Å². The lowest BCUT2D eigenvalue weighted by molar-refractivity contribution is -0.141. The molecule has 2 aromatic rings. The normalized spacial score (nSPS) is 21.8. The number of amides is 1. The highest BCUT2D eigenvalue weighted by atomic mass is 19.4. The summed E-state index contributed by atoms with van der Waals surface area (Å²) >= 11 is 0. The summed E-state index contributed by atoms with van der Waals surface area (Å²) in [5.41, 5.74) is -0.512. The zero-order chi connectivity index (χ0) is 18.5. The number of alkyl halides is 3. The van der Waals surface area contributed by atoms with Gasteiger partial charge in [-0.25, -0.2) is 4.98 Å². The first-order valence-corrected chi connectivity index (χ1v) is 8.22. The van der Waals surface area contributed by atoms with Gasteiger partial charge in [-0.3, -0.25) is 9.78 Å². The molecule has 1 aliphatic carbocycles. The number of pyridine rings is 2. The molecule has 4 rings (SSSR count). The van der Waals surface area contributed by atoms with Gasteiger partial charge >= 0.3 is 6.18 Å². The van der Waals surface area contributed by atoms with Crippen molar-refractivity contribution in [3.8, 4) is 0 Å². The van der Waals surface area contributed by atoms with E-state index >= 15 is 0 Å². The van der Waals surface area contributed by atoms with Gasteiger partial charge in [0.15, 0.2) is 0 Å². The van der Waals surface area contributed by atoms with Crippen LogP contribution in [0.15, 0.2) is 35.5 Å². The topological polar surface area (TPSA) is 67.2 Å². The van der Waals surface area contributed by atoms with E-state index in [-0.39, 0.29) is 11.5 Å². The van der Waals surface area contributed by atoms with Crippen LogP contribution in [-0.2, 0) is 22.8 Å². The largest absolute Gasteiger partial charge is 0.433 e. The van der Waals surface area contributed by atoms with Crippen molar-refractivity contribution in [2.45, 2.75) is 30.9 Å². The zero-order valence-corrected chi connectivity index (χ0v) is 13.9.